The highest BCUT2D eigenvalue weighted by molar-refractivity contribution is 6.30. The Morgan fingerprint density at radius 3 is 2.17 bits per heavy atom. The van der Waals surface area contributed by atoms with Gasteiger partial charge in [0.2, 0.25) is 5.91 Å². The first-order chi connectivity index (χ1) is 18.4. The first-order valence-electron chi connectivity index (χ1n) is 11.1. The van der Waals surface area contributed by atoms with Gasteiger partial charge in [0.25, 0.3) is 0 Å². The van der Waals surface area contributed by atoms with Crippen LogP contribution in [0.2, 0.25) is 5.02 Å². The number of rotatable bonds is 8. The normalized spacial score (nSPS) is 14.2. The van der Waals surface area contributed by atoms with Crippen LogP contribution in [0.15, 0.2) is 53.3 Å². The first kappa shape index (κ1) is 31.0. The molecule has 0 saturated carbocycles. The van der Waals surface area contributed by atoms with Crippen LogP contribution in [-0.2, 0) is 24.1 Å². The molecule has 0 saturated heterocycles. The lowest BCUT2D eigenvalue weighted by Gasteiger charge is -2.26. The number of aromatic nitrogens is 3. The van der Waals surface area contributed by atoms with Crippen LogP contribution in [0.3, 0.4) is 0 Å². The maximum Gasteiger partial charge on any atom is 0.416 e. The van der Waals surface area contributed by atoms with Crippen LogP contribution in [0.1, 0.15) is 23.6 Å². The predicted molar refractivity (Wildman–Crippen MR) is 122 cm³/mol. The number of nitrogens with zero attached hydrogens (tertiary/aromatic N) is 3. The molecule has 1 aromatic heterocycles. The van der Waals surface area contributed by atoms with Gasteiger partial charge in [-0.05, 0) is 42.0 Å². The Bertz CT molecular complexity index is 1400. The van der Waals surface area contributed by atoms with E-state index in [4.69, 9.17) is 11.6 Å². The molecule has 0 aliphatic carbocycles. The zero-order chi connectivity index (χ0) is 30.0. The molecule has 218 valence electrons. The molecule has 3 rings (SSSR count). The van der Waals surface area contributed by atoms with Gasteiger partial charge in [-0.1, -0.05) is 23.7 Å². The van der Waals surface area contributed by atoms with E-state index >= 15 is 0 Å². The van der Waals surface area contributed by atoms with Gasteiger partial charge in [-0.15, -0.1) is 5.10 Å². The van der Waals surface area contributed by atoms with Crippen LogP contribution in [0, 0.1) is 0 Å². The van der Waals surface area contributed by atoms with Gasteiger partial charge in [-0.3, -0.25) is 9.36 Å². The topological polar surface area (TPSA) is 89.2 Å². The lowest BCUT2D eigenvalue weighted by Crippen LogP contribution is -2.45. The number of carbonyl (C=O) groups is 1. The summed E-state index contributed by atoms with van der Waals surface area (Å²) in [6.45, 7) is -2.06. The molecule has 0 aliphatic heterocycles. The summed E-state index contributed by atoms with van der Waals surface area (Å²) in [6, 6.07) is 5.35. The van der Waals surface area contributed by atoms with Gasteiger partial charge < -0.3 is 10.4 Å². The Morgan fingerprint density at radius 2 is 1.62 bits per heavy atom. The van der Waals surface area contributed by atoms with E-state index in [1.165, 1.54) is 24.3 Å². The molecule has 2 N–H and O–H groups in total. The summed E-state index contributed by atoms with van der Waals surface area (Å²) in [7, 11) is 0. The average Bonchev–Trinajstić information content (AvgIpc) is 3.14. The third kappa shape index (κ3) is 7.78. The van der Waals surface area contributed by atoms with Crippen molar-refractivity contribution in [2.45, 2.75) is 50.2 Å². The van der Waals surface area contributed by atoms with E-state index in [1.54, 1.807) is 5.32 Å². The van der Waals surface area contributed by atoms with Gasteiger partial charge in [0.15, 0.2) is 11.9 Å². The largest absolute Gasteiger partial charge is 0.416 e. The van der Waals surface area contributed by atoms with Crippen molar-refractivity contribution in [3.63, 3.8) is 0 Å². The quantitative estimate of drug-likeness (QED) is 0.350. The van der Waals surface area contributed by atoms with E-state index < -0.39 is 72.9 Å². The molecular formula is C23H18ClF9N4O3. The minimum atomic E-state index is -5.38. The summed E-state index contributed by atoms with van der Waals surface area (Å²) < 4.78 is 119. The fourth-order valence-electron chi connectivity index (χ4n) is 3.59. The van der Waals surface area contributed by atoms with Crippen LogP contribution in [0.5, 0.6) is 0 Å². The van der Waals surface area contributed by atoms with E-state index in [1.807, 2.05) is 0 Å². The minimum absolute atomic E-state index is 0.122. The smallest absolute Gasteiger partial charge is 0.381 e. The highest BCUT2D eigenvalue weighted by Crippen LogP contribution is 2.34. The molecule has 0 aliphatic rings. The van der Waals surface area contributed by atoms with Crippen molar-refractivity contribution < 1.29 is 49.4 Å². The molecule has 40 heavy (non-hydrogen) atoms. The van der Waals surface area contributed by atoms with Gasteiger partial charge in [0.05, 0.1) is 18.0 Å². The molecule has 0 fully saturated rings. The number of benzene rings is 2. The number of aliphatic hydroxyl groups is 1. The lowest BCUT2D eigenvalue weighted by molar-refractivity contribution is -0.213. The van der Waals surface area contributed by atoms with Crippen LogP contribution in [-0.4, -0.2) is 43.8 Å². The molecule has 2 atom stereocenters. The van der Waals surface area contributed by atoms with Crippen LogP contribution >= 0.6 is 11.6 Å². The number of halogens is 10. The van der Waals surface area contributed by atoms with E-state index in [0.717, 1.165) is 12.1 Å². The maximum absolute atomic E-state index is 13.3. The molecule has 1 heterocycles. The number of hydrogen-bond donors (Lipinski definition) is 2. The summed E-state index contributed by atoms with van der Waals surface area (Å²) in [6.07, 6.45) is -19.8. The summed E-state index contributed by atoms with van der Waals surface area (Å²) in [5.41, 5.74) is -3.21. The standard InChI is InChI=1S/C23H18ClF9N4O3/c24-15-6-4-12(5-7-15)19-35-37(20(40)36(19)9-8-21(25,26)27)11-16(38)34-17(18(39)23(31,32)33)13-2-1-3-14(10-13)22(28,29)30/h1-7,10,17-18,39H,8-9,11H2,(H,34,38). The second kappa shape index (κ2) is 11.5. The Balaban J connectivity index is 1.96. The fraction of sp³-hybridized carbons (Fsp3) is 0.348. The molecule has 3 aromatic rings. The number of aliphatic hydroxyl groups excluding tert-OH is 1. The van der Waals surface area contributed by atoms with Crippen molar-refractivity contribution >= 4 is 17.5 Å². The first-order valence-corrected chi connectivity index (χ1v) is 11.5. The van der Waals surface area contributed by atoms with Crippen molar-refractivity contribution in [1.82, 2.24) is 19.7 Å². The molecule has 17 heteroatoms. The van der Waals surface area contributed by atoms with Crippen molar-refractivity contribution in [3.05, 3.63) is 75.2 Å². The number of hydrogen-bond acceptors (Lipinski definition) is 4. The molecule has 2 aromatic carbocycles. The molecule has 1 amide bonds. The molecular weight excluding hydrogens is 587 g/mol. The Hall–Kier alpha value is -3.53. The highest BCUT2D eigenvalue weighted by Gasteiger charge is 2.45. The van der Waals surface area contributed by atoms with Crippen LogP contribution < -0.4 is 11.0 Å². The average molecular weight is 605 g/mol. The van der Waals surface area contributed by atoms with Gasteiger partial charge in [0, 0.05) is 17.1 Å². The summed E-state index contributed by atoms with van der Waals surface area (Å²) in [5, 5.41) is 15.6. The molecule has 0 bridgehead atoms. The maximum atomic E-state index is 13.3. The Kier molecular flexibility index (Phi) is 8.93. The molecule has 0 spiro atoms. The number of amides is 1. The Morgan fingerprint density at radius 1 is 1.00 bits per heavy atom. The number of nitrogens with one attached hydrogen (secondary N) is 1. The zero-order valence-corrected chi connectivity index (χ0v) is 20.5. The summed E-state index contributed by atoms with van der Waals surface area (Å²) >= 11 is 5.80. The zero-order valence-electron chi connectivity index (χ0n) is 19.8. The van der Waals surface area contributed by atoms with Crippen molar-refractivity contribution in [2.75, 3.05) is 0 Å². The van der Waals surface area contributed by atoms with E-state index in [-0.39, 0.29) is 16.4 Å². The fourth-order valence-corrected chi connectivity index (χ4v) is 3.72. The van der Waals surface area contributed by atoms with Gasteiger partial charge in [0.1, 0.15) is 6.54 Å². The third-order valence-corrected chi connectivity index (χ3v) is 5.73. The van der Waals surface area contributed by atoms with E-state index in [0.29, 0.717) is 21.4 Å². The van der Waals surface area contributed by atoms with Crippen LogP contribution in [0.25, 0.3) is 11.4 Å². The molecule has 2 unspecified atom stereocenters. The second-order valence-corrected chi connectivity index (χ2v) is 8.88. The summed E-state index contributed by atoms with van der Waals surface area (Å²) in [4.78, 5) is 25.5. The van der Waals surface area contributed by atoms with Gasteiger partial charge in [-0.25, -0.2) is 9.48 Å². The SMILES string of the molecule is O=C(Cn1nc(-c2ccc(Cl)cc2)n(CCC(F)(F)F)c1=O)NC(c1cccc(C(F)(F)F)c1)C(O)C(F)(F)F. The third-order valence-electron chi connectivity index (χ3n) is 5.48. The monoisotopic (exact) mass is 604 g/mol. The van der Waals surface area contributed by atoms with E-state index in [2.05, 4.69) is 5.10 Å². The Labute approximate surface area is 223 Å². The summed E-state index contributed by atoms with van der Waals surface area (Å²) in [5.74, 6) is -1.72. The van der Waals surface area contributed by atoms with Crippen molar-refractivity contribution in [3.8, 4) is 11.4 Å². The van der Waals surface area contributed by atoms with Crippen molar-refractivity contribution in [2.24, 2.45) is 0 Å². The van der Waals surface area contributed by atoms with Gasteiger partial charge >= 0.3 is 24.2 Å². The highest BCUT2D eigenvalue weighted by atomic mass is 35.5. The molecule has 0 radical (unpaired) electrons. The van der Waals surface area contributed by atoms with Gasteiger partial charge in [-0.2, -0.15) is 39.5 Å². The van der Waals surface area contributed by atoms with Crippen LogP contribution in [0.4, 0.5) is 39.5 Å². The lowest BCUT2D eigenvalue weighted by atomic mass is 9.98. The minimum Gasteiger partial charge on any atom is -0.381 e. The number of alkyl halides is 9. The van der Waals surface area contributed by atoms with E-state index in [9.17, 15) is 54.2 Å². The second-order valence-electron chi connectivity index (χ2n) is 8.44. The predicted octanol–water partition coefficient (Wildman–Crippen LogP) is 5.12. The number of carbonyl (C=O) groups excluding carboxylic acids is 1. The van der Waals surface area contributed by atoms with Crippen molar-refractivity contribution in [1.29, 1.82) is 0 Å². The molecule has 7 nitrogen and oxygen atoms in total.